The second-order valence-electron chi connectivity index (χ2n) is 6.12. The van der Waals surface area contributed by atoms with E-state index in [1.54, 1.807) is 0 Å². The third-order valence-electron chi connectivity index (χ3n) is 4.21. The fourth-order valence-corrected chi connectivity index (χ4v) is 2.82. The van der Waals surface area contributed by atoms with Gasteiger partial charge in [-0.05, 0) is 23.8 Å². The van der Waals surface area contributed by atoms with Gasteiger partial charge in [-0.25, -0.2) is 0 Å². The van der Waals surface area contributed by atoms with E-state index in [1.165, 1.54) is 5.56 Å². The van der Waals surface area contributed by atoms with Crippen LogP contribution in [0, 0.1) is 5.41 Å². The zero-order valence-corrected chi connectivity index (χ0v) is 11.0. The molecule has 0 radical (unpaired) electrons. The standard InChI is InChI=1S/C15H20N2O/c1-15(2)9-13(15)17-10-16-12(14(17)18)8-11-6-4-3-5-7-11/h3-7,12-13,16H,8-10H2,1-2H3. The van der Waals surface area contributed by atoms with Crippen LogP contribution in [-0.2, 0) is 11.2 Å². The summed E-state index contributed by atoms with van der Waals surface area (Å²) in [6, 6.07) is 10.6. The molecule has 1 aromatic rings. The fraction of sp³-hybridized carbons (Fsp3) is 0.533. The van der Waals surface area contributed by atoms with Crippen LogP contribution in [0.2, 0.25) is 0 Å². The Morgan fingerprint density at radius 2 is 2.00 bits per heavy atom. The van der Waals surface area contributed by atoms with Crippen LogP contribution in [0.1, 0.15) is 25.8 Å². The molecule has 0 aromatic heterocycles. The summed E-state index contributed by atoms with van der Waals surface area (Å²) in [5, 5.41) is 3.34. The molecule has 3 heteroatoms. The van der Waals surface area contributed by atoms with Crippen molar-refractivity contribution in [2.75, 3.05) is 6.67 Å². The normalized spacial score (nSPS) is 29.7. The van der Waals surface area contributed by atoms with Crippen LogP contribution in [0.15, 0.2) is 30.3 Å². The van der Waals surface area contributed by atoms with E-state index < -0.39 is 0 Å². The molecule has 3 rings (SSSR count). The lowest BCUT2D eigenvalue weighted by Crippen LogP contribution is -2.34. The average Bonchev–Trinajstić information content (AvgIpc) is 2.83. The van der Waals surface area contributed by atoms with Crippen LogP contribution in [0.25, 0.3) is 0 Å². The molecule has 2 fully saturated rings. The van der Waals surface area contributed by atoms with Gasteiger partial charge in [0.2, 0.25) is 5.91 Å². The van der Waals surface area contributed by atoms with Crippen LogP contribution in [0.4, 0.5) is 0 Å². The first kappa shape index (κ1) is 11.7. The minimum absolute atomic E-state index is 0.0381. The Morgan fingerprint density at radius 3 is 2.61 bits per heavy atom. The highest BCUT2D eigenvalue weighted by atomic mass is 16.2. The number of amides is 1. The Morgan fingerprint density at radius 1 is 1.33 bits per heavy atom. The van der Waals surface area contributed by atoms with Crippen molar-refractivity contribution in [1.82, 2.24) is 10.2 Å². The molecule has 1 N–H and O–H groups in total. The van der Waals surface area contributed by atoms with E-state index in [4.69, 9.17) is 0 Å². The van der Waals surface area contributed by atoms with Crippen LogP contribution >= 0.6 is 0 Å². The highest BCUT2D eigenvalue weighted by Crippen LogP contribution is 2.49. The quantitative estimate of drug-likeness (QED) is 0.879. The number of carbonyl (C=O) groups is 1. The molecule has 3 nitrogen and oxygen atoms in total. The minimum atomic E-state index is -0.0381. The summed E-state index contributed by atoms with van der Waals surface area (Å²) in [7, 11) is 0. The second-order valence-corrected chi connectivity index (χ2v) is 6.12. The summed E-state index contributed by atoms with van der Waals surface area (Å²) in [5.41, 5.74) is 1.54. The first-order valence-electron chi connectivity index (χ1n) is 6.66. The topological polar surface area (TPSA) is 32.3 Å². The van der Waals surface area contributed by atoms with Crippen molar-refractivity contribution in [3.8, 4) is 0 Å². The van der Waals surface area contributed by atoms with Crippen LogP contribution in [-0.4, -0.2) is 29.6 Å². The van der Waals surface area contributed by atoms with E-state index in [-0.39, 0.29) is 11.9 Å². The first-order valence-corrected chi connectivity index (χ1v) is 6.66. The number of carbonyl (C=O) groups excluding carboxylic acids is 1. The summed E-state index contributed by atoms with van der Waals surface area (Å²) in [6.45, 7) is 5.18. The van der Waals surface area contributed by atoms with E-state index in [1.807, 2.05) is 23.1 Å². The molecule has 18 heavy (non-hydrogen) atoms. The van der Waals surface area contributed by atoms with Crippen molar-refractivity contribution >= 4 is 5.91 Å². The van der Waals surface area contributed by atoms with Crippen LogP contribution in [0.5, 0.6) is 0 Å². The average molecular weight is 244 g/mol. The zero-order valence-electron chi connectivity index (χ0n) is 11.0. The summed E-state index contributed by atoms with van der Waals surface area (Å²) >= 11 is 0. The Kier molecular flexibility index (Phi) is 2.67. The predicted octanol–water partition coefficient (Wildman–Crippen LogP) is 1.79. The van der Waals surface area contributed by atoms with Gasteiger partial charge in [0, 0.05) is 6.04 Å². The Bertz CT molecular complexity index is 455. The maximum Gasteiger partial charge on any atom is 0.241 e. The van der Waals surface area contributed by atoms with Gasteiger partial charge in [-0.15, -0.1) is 0 Å². The van der Waals surface area contributed by atoms with E-state index in [0.717, 1.165) is 12.8 Å². The van der Waals surface area contributed by atoms with E-state index in [0.29, 0.717) is 18.1 Å². The lowest BCUT2D eigenvalue weighted by molar-refractivity contribution is -0.129. The highest BCUT2D eigenvalue weighted by molar-refractivity contribution is 5.84. The summed E-state index contributed by atoms with van der Waals surface area (Å²) in [4.78, 5) is 14.4. The SMILES string of the molecule is CC1(C)CC1N1CNC(Cc2ccccc2)C1=O. The number of nitrogens with one attached hydrogen (secondary N) is 1. The van der Waals surface area contributed by atoms with Gasteiger partial charge in [0.15, 0.2) is 0 Å². The third-order valence-corrected chi connectivity index (χ3v) is 4.21. The lowest BCUT2D eigenvalue weighted by atomic mass is 10.1. The van der Waals surface area contributed by atoms with Crippen molar-refractivity contribution in [3.05, 3.63) is 35.9 Å². The number of hydrogen-bond acceptors (Lipinski definition) is 2. The lowest BCUT2D eigenvalue weighted by Gasteiger charge is -2.17. The number of rotatable bonds is 3. The largest absolute Gasteiger partial charge is 0.325 e. The van der Waals surface area contributed by atoms with Gasteiger partial charge < -0.3 is 4.90 Å². The molecular weight excluding hydrogens is 224 g/mol. The van der Waals surface area contributed by atoms with Gasteiger partial charge in [-0.1, -0.05) is 44.2 Å². The maximum atomic E-state index is 12.3. The smallest absolute Gasteiger partial charge is 0.241 e. The molecule has 1 saturated heterocycles. The zero-order chi connectivity index (χ0) is 12.8. The molecular formula is C15H20N2O. The molecule has 1 aliphatic heterocycles. The molecule has 0 bridgehead atoms. The van der Waals surface area contributed by atoms with Crippen molar-refractivity contribution in [1.29, 1.82) is 0 Å². The Balaban J connectivity index is 1.65. The molecule has 96 valence electrons. The van der Waals surface area contributed by atoms with Crippen molar-refractivity contribution < 1.29 is 4.79 Å². The van der Waals surface area contributed by atoms with Crippen LogP contribution in [0.3, 0.4) is 0 Å². The number of hydrogen-bond donors (Lipinski definition) is 1. The molecule has 1 aliphatic carbocycles. The molecule has 2 atom stereocenters. The monoisotopic (exact) mass is 244 g/mol. The summed E-state index contributed by atoms with van der Waals surface area (Å²) in [6.07, 6.45) is 1.93. The van der Waals surface area contributed by atoms with Gasteiger partial charge in [0.05, 0.1) is 12.7 Å². The predicted molar refractivity (Wildman–Crippen MR) is 71.0 cm³/mol. The minimum Gasteiger partial charge on any atom is -0.325 e. The van der Waals surface area contributed by atoms with E-state index in [2.05, 4.69) is 31.3 Å². The van der Waals surface area contributed by atoms with Gasteiger partial charge in [0.25, 0.3) is 0 Å². The molecule has 1 aromatic carbocycles. The molecule has 1 saturated carbocycles. The van der Waals surface area contributed by atoms with Crippen LogP contribution < -0.4 is 5.32 Å². The highest BCUT2D eigenvalue weighted by Gasteiger charge is 2.53. The summed E-state index contributed by atoms with van der Waals surface area (Å²) < 4.78 is 0. The molecule has 1 heterocycles. The molecule has 1 amide bonds. The number of benzene rings is 1. The second kappa shape index (κ2) is 4.09. The number of nitrogens with zero attached hydrogens (tertiary/aromatic N) is 1. The third kappa shape index (κ3) is 2.03. The first-order chi connectivity index (χ1) is 8.58. The van der Waals surface area contributed by atoms with E-state index >= 15 is 0 Å². The van der Waals surface area contributed by atoms with Crippen molar-refractivity contribution in [2.45, 2.75) is 38.8 Å². The van der Waals surface area contributed by atoms with Crippen molar-refractivity contribution in [2.24, 2.45) is 5.41 Å². The van der Waals surface area contributed by atoms with E-state index in [9.17, 15) is 4.79 Å². The van der Waals surface area contributed by atoms with Gasteiger partial charge in [-0.3, -0.25) is 10.1 Å². The fourth-order valence-electron chi connectivity index (χ4n) is 2.82. The molecule has 0 spiro atoms. The van der Waals surface area contributed by atoms with Gasteiger partial charge >= 0.3 is 0 Å². The van der Waals surface area contributed by atoms with Gasteiger partial charge in [-0.2, -0.15) is 0 Å². The molecule has 2 unspecified atom stereocenters. The maximum absolute atomic E-state index is 12.3. The Labute approximate surface area is 108 Å². The Hall–Kier alpha value is -1.35. The van der Waals surface area contributed by atoms with Gasteiger partial charge in [0.1, 0.15) is 0 Å². The summed E-state index contributed by atoms with van der Waals surface area (Å²) in [5.74, 6) is 0.273. The molecule has 2 aliphatic rings. The van der Waals surface area contributed by atoms with Crippen molar-refractivity contribution in [3.63, 3.8) is 0 Å².